The molecule has 0 bridgehead atoms. The van der Waals surface area contributed by atoms with E-state index < -0.39 is 0 Å². The van der Waals surface area contributed by atoms with Crippen molar-refractivity contribution in [3.05, 3.63) is 52.1 Å². The van der Waals surface area contributed by atoms with Crippen LogP contribution in [0, 0.1) is 5.92 Å². The molecule has 0 aromatic carbocycles. The van der Waals surface area contributed by atoms with Crippen molar-refractivity contribution in [1.82, 2.24) is 19.2 Å². The van der Waals surface area contributed by atoms with Crippen molar-refractivity contribution in [2.24, 2.45) is 5.92 Å². The number of pyridine rings is 1. The average molecular weight is 425 g/mol. The van der Waals surface area contributed by atoms with Gasteiger partial charge < -0.3 is 20.3 Å². The molecule has 0 spiro atoms. The van der Waals surface area contributed by atoms with Crippen LogP contribution in [0.15, 0.2) is 35.4 Å². The first-order chi connectivity index (χ1) is 15.1. The summed E-state index contributed by atoms with van der Waals surface area (Å²) in [6.45, 7) is 5.43. The minimum absolute atomic E-state index is 0.00346. The van der Waals surface area contributed by atoms with Crippen molar-refractivity contribution in [3.8, 4) is 0 Å². The van der Waals surface area contributed by atoms with Gasteiger partial charge in [-0.1, -0.05) is 19.8 Å². The van der Waals surface area contributed by atoms with Crippen molar-refractivity contribution in [3.63, 3.8) is 0 Å². The number of aliphatic hydroxyl groups is 1. The molecule has 0 radical (unpaired) electrons. The van der Waals surface area contributed by atoms with E-state index in [1.54, 1.807) is 10.6 Å². The fraction of sp³-hybridized carbons (Fsp3) is 0.522. The number of nitrogens with zero attached hydrogens (tertiary/aromatic N) is 4. The van der Waals surface area contributed by atoms with Crippen LogP contribution >= 0.6 is 0 Å². The largest absolute Gasteiger partial charge is 0.396 e. The lowest BCUT2D eigenvalue weighted by Crippen LogP contribution is -2.34. The molecular formula is C23H32N6O2. The molecule has 8 nitrogen and oxygen atoms in total. The SMILES string of the molecule is CCc1cnn2c(NCc3ccn(CC)c(=O)c3)cc(NC3CCCCC3CO)nc12. The highest BCUT2D eigenvalue weighted by molar-refractivity contribution is 5.60. The summed E-state index contributed by atoms with van der Waals surface area (Å²) < 4.78 is 3.50. The number of hydrogen-bond acceptors (Lipinski definition) is 6. The van der Waals surface area contributed by atoms with Crippen molar-refractivity contribution >= 4 is 17.3 Å². The monoisotopic (exact) mass is 424 g/mol. The number of aliphatic hydroxyl groups excluding tert-OH is 1. The first kappa shape index (κ1) is 21.4. The highest BCUT2D eigenvalue weighted by atomic mass is 16.3. The van der Waals surface area contributed by atoms with E-state index in [0.29, 0.717) is 13.1 Å². The number of anilines is 2. The van der Waals surface area contributed by atoms with E-state index in [2.05, 4.69) is 22.7 Å². The van der Waals surface area contributed by atoms with Crippen LogP contribution in [0.1, 0.15) is 50.7 Å². The van der Waals surface area contributed by atoms with E-state index in [1.807, 2.05) is 36.0 Å². The number of rotatable bonds is 8. The van der Waals surface area contributed by atoms with Gasteiger partial charge in [0.25, 0.3) is 5.56 Å². The summed E-state index contributed by atoms with van der Waals surface area (Å²) in [4.78, 5) is 17.0. The van der Waals surface area contributed by atoms with Gasteiger partial charge in [-0.15, -0.1) is 0 Å². The molecule has 0 amide bonds. The van der Waals surface area contributed by atoms with Crippen LogP contribution in [0.2, 0.25) is 0 Å². The number of fused-ring (bicyclic) bond motifs is 1. The van der Waals surface area contributed by atoms with Gasteiger partial charge in [-0.2, -0.15) is 9.61 Å². The first-order valence-electron chi connectivity index (χ1n) is 11.3. The van der Waals surface area contributed by atoms with Gasteiger partial charge in [-0.3, -0.25) is 4.79 Å². The molecule has 3 N–H and O–H groups in total. The third-order valence-electron chi connectivity index (χ3n) is 6.28. The quantitative estimate of drug-likeness (QED) is 0.514. The van der Waals surface area contributed by atoms with E-state index in [1.165, 1.54) is 6.42 Å². The van der Waals surface area contributed by atoms with Gasteiger partial charge in [0.2, 0.25) is 0 Å². The van der Waals surface area contributed by atoms with E-state index in [-0.39, 0.29) is 24.1 Å². The van der Waals surface area contributed by atoms with Crippen LogP contribution in [0.4, 0.5) is 11.6 Å². The summed E-state index contributed by atoms with van der Waals surface area (Å²) in [5, 5.41) is 21.3. The Balaban J connectivity index is 1.61. The van der Waals surface area contributed by atoms with Gasteiger partial charge in [-0.05, 0) is 37.8 Å². The molecule has 166 valence electrons. The summed E-state index contributed by atoms with van der Waals surface area (Å²) in [6.07, 6.45) is 8.94. The molecule has 0 aliphatic heterocycles. The maximum atomic E-state index is 12.1. The summed E-state index contributed by atoms with van der Waals surface area (Å²) in [6, 6.07) is 5.82. The molecule has 1 aliphatic rings. The average Bonchev–Trinajstić information content (AvgIpc) is 3.21. The fourth-order valence-electron chi connectivity index (χ4n) is 4.38. The molecule has 2 atom stereocenters. The van der Waals surface area contributed by atoms with E-state index in [4.69, 9.17) is 4.98 Å². The fourth-order valence-corrected chi connectivity index (χ4v) is 4.38. The summed E-state index contributed by atoms with van der Waals surface area (Å²) in [5.74, 6) is 1.86. The topological polar surface area (TPSA) is 96.5 Å². The van der Waals surface area contributed by atoms with Crippen LogP contribution in [0.5, 0.6) is 0 Å². The second-order valence-electron chi connectivity index (χ2n) is 8.28. The highest BCUT2D eigenvalue weighted by Crippen LogP contribution is 2.28. The molecule has 3 aromatic rings. The van der Waals surface area contributed by atoms with Gasteiger partial charge >= 0.3 is 0 Å². The molecule has 0 saturated heterocycles. The highest BCUT2D eigenvalue weighted by Gasteiger charge is 2.25. The smallest absolute Gasteiger partial charge is 0.250 e. The maximum absolute atomic E-state index is 12.1. The molecule has 31 heavy (non-hydrogen) atoms. The van der Waals surface area contributed by atoms with E-state index in [9.17, 15) is 9.90 Å². The summed E-state index contributed by atoms with van der Waals surface area (Å²) in [5.41, 5.74) is 2.83. The van der Waals surface area contributed by atoms with E-state index in [0.717, 1.165) is 54.1 Å². The van der Waals surface area contributed by atoms with Crippen molar-refractivity contribution in [1.29, 1.82) is 0 Å². The lowest BCUT2D eigenvalue weighted by molar-refractivity contribution is 0.178. The minimum atomic E-state index is 0.00346. The Morgan fingerprint density at radius 2 is 2.06 bits per heavy atom. The van der Waals surface area contributed by atoms with Crippen molar-refractivity contribution in [2.75, 3.05) is 17.2 Å². The molecule has 1 saturated carbocycles. The lowest BCUT2D eigenvalue weighted by Gasteiger charge is -2.31. The Hall–Kier alpha value is -2.87. The first-order valence-corrected chi connectivity index (χ1v) is 11.3. The van der Waals surface area contributed by atoms with Crippen LogP contribution in [-0.2, 0) is 19.5 Å². The van der Waals surface area contributed by atoms with Gasteiger partial charge in [0, 0.05) is 55.5 Å². The second-order valence-corrected chi connectivity index (χ2v) is 8.28. The van der Waals surface area contributed by atoms with Gasteiger partial charge in [0.05, 0.1) is 6.20 Å². The predicted octanol–water partition coefficient (Wildman–Crippen LogP) is 3.05. The van der Waals surface area contributed by atoms with Gasteiger partial charge in [-0.25, -0.2) is 4.98 Å². The number of hydrogen-bond donors (Lipinski definition) is 3. The zero-order valence-corrected chi connectivity index (χ0v) is 18.3. The summed E-state index contributed by atoms with van der Waals surface area (Å²) >= 11 is 0. The Labute approximate surface area is 182 Å². The minimum Gasteiger partial charge on any atom is -0.396 e. The number of aromatic nitrogens is 4. The Bertz CT molecular complexity index is 1090. The standard InChI is InChI=1S/C23H32N6O2/c1-3-17-14-25-29-21(24-13-16-9-10-28(4-2)22(31)11-16)12-20(27-23(17)29)26-19-8-6-5-7-18(19)15-30/h9-12,14,18-19,24,30H,3-8,13,15H2,1-2H3,(H,26,27). The molecule has 3 aromatic heterocycles. The van der Waals surface area contributed by atoms with E-state index >= 15 is 0 Å². The van der Waals surface area contributed by atoms with Crippen molar-refractivity contribution in [2.45, 2.75) is 65.1 Å². The normalized spacial score (nSPS) is 18.9. The summed E-state index contributed by atoms with van der Waals surface area (Å²) in [7, 11) is 0. The Kier molecular flexibility index (Phi) is 6.56. The lowest BCUT2D eigenvalue weighted by atomic mass is 9.85. The zero-order chi connectivity index (χ0) is 21.8. The third kappa shape index (κ3) is 4.58. The second kappa shape index (κ2) is 9.51. The molecule has 4 rings (SSSR count). The van der Waals surface area contributed by atoms with Crippen LogP contribution in [0.3, 0.4) is 0 Å². The van der Waals surface area contributed by atoms with Gasteiger partial charge in [0.15, 0.2) is 5.65 Å². The van der Waals surface area contributed by atoms with Crippen LogP contribution < -0.4 is 16.2 Å². The Morgan fingerprint density at radius 3 is 2.81 bits per heavy atom. The molecular weight excluding hydrogens is 392 g/mol. The molecule has 1 aliphatic carbocycles. The molecule has 3 heterocycles. The molecule has 1 fully saturated rings. The number of nitrogens with one attached hydrogen (secondary N) is 2. The van der Waals surface area contributed by atoms with Gasteiger partial charge in [0.1, 0.15) is 11.6 Å². The maximum Gasteiger partial charge on any atom is 0.250 e. The zero-order valence-electron chi connectivity index (χ0n) is 18.3. The number of aryl methyl sites for hydroxylation is 2. The Morgan fingerprint density at radius 1 is 1.23 bits per heavy atom. The molecule has 8 heteroatoms. The third-order valence-corrected chi connectivity index (χ3v) is 6.28. The molecule has 2 unspecified atom stereocenters. The van der Waals surface area contributed by atoms with Crippen LogP contribution in [-0.4, -0.2) is 36.9 Å². The predicted molar refractivity (Wildman–Crippen MR) is 123 cm³/mol. The van der Waals surface area contributed by atoms with Crippen LogP contribution in [0.25, 0.3) is 5.65 Å². The van der Waals surface area contributed by atoms with Crippen molar-refractivity contribution < 1.29 is 5.11 Å².